The standard InChI is InChI=1S/C15H22N2O4S/c1-14(2,3)21-13(20)16-8-15(12(18)19,10-4-5-10)6-11-7-22-9-17-11/h7,9-10H,4-6,8H2,1-3H3,(H,16,20)(H,18,19). The number of carboxylic acids is 1. The number of nitrogens with one attached hydrogen (secondary N) is 1. The fraction of sp³-hybridized carbons (Fsp3) is 0.667. The summed E-state index contributed by atoms with van der Waals surface area (Å²) in [6.45, 7) is 5.37. The third-order valence-corrected chi connectivity index (χ3v) is 4.35. The van der Waals surface area contributed by atoms with E-state index in [4.69, 9.17) is 4.74 Å². The summed E-state index contributed by atoms with van der Waals surface area (Å²) in [6, 6.07) is 0. The average molecular weight is 326 g/mol. The number of thiazole rings is 1. The monoisotopic (exact) mass is 326 g/mol. The second-order valence-corrected chi connectivity index (χ2v) is 7.47. The Morgan fingerprint density at radius 2 is 2.14 bits per heavy atom. The number of hydrogen-bond donors (Lipinski definition) is 2. The van der Waals surface area contributed by atoms with E-state index in [1.807, 2.05) is 5.38 Å². The average Bonchev–Trinajstić information content (AvgIpc) is 3.11. The molecule has 1 fully saturated rings. The number of ether oxygens (including phenoxy) is 1. The zero-order valence-electron chi connectivity index (χ0n) is 13.1. The number of aliphatic carboxylic acids is 1. The van der Waals surface area contributed by atoms with Gasteiger partial charge in [0.1, 0.15) is 5.60 Å². The van der Waals surface area contributed by atoms with Crippen LogP contribution >= 0.6 is 11.3 Å². The highest BCUT2D eigenvalue weighted by molar-refractivity contribution is 7.07. The maximum atomic E-state index is 11.9. The number of carboxylic acid groups (broad SMARTS) is 1. The van der Waals surface area contributed by atoms with Gasteiger partial charge in [-0.15, -0.1) is 11.3 Å². The van der Waals surface area contributed by atoms with Crippen LogP contribution in [0.5, 0.6) is 0 Å². The summed E-state index contributed by atoms with van der Waals surface area (Å²) < 4.78 is 5.19. The van der Waals surface area contributed by atoms with Gasteiger partial charge < -0.3 is 15.2 Å². The quantitative estimate of drug-likeness (QED) is 0.839. The summed E-state index contributed by atoms with van der Waals surface area (Å²) in [5.41, 5.74) is 0.830. The Hall–Kier alpha value is -1.63. The van der Waals surface area contributed by atoms with E-state index in [0.717, 1.165) is 18.5 Å². The minimum atomic E-state index is -1.01. The van der Waals surface area contributed by atoms with Crippen LogP contribution in [0.2, 0.25) is 0 Å². The highest BCUT2D eigenvalue weighted by atomic mass is 32.1. The molecular formula is C15H22N2O4S. The van der Waals surface area contributed by atoms with Crippen LogP contribution in [0.1, 0.15) is 39.3 Å². The van der Waals surface area contributed by atoms with Crippen LogP contribution in [0, 0.1) is 11.3 Å². The Balaban J connectivity index is 2.08. The fourth-order valence-electron chi connectivity index (χ4n) is 2.51. The van der Waals surface area contributed by atoms with Crippen molar-refractivity contribution in [3.63, 3.8) is 0 Å². The minimum absolute atomic E-state index is 0.0550. The molecule has 1 unspecified atom stereocenters. The number of alkyl carbamates (subject to hydrolysis) is 1. The zero-order chi connectivity index (χ0) is 16.4. The lowest BCUT2D eigenvalue weighted by Gasteiger charge is -2.30. The summed E-state index contributed by atoms with van der Waals surface area (Å²) in [4.78, 5) is 27.9. The lowest BCUT2D eigenvalue weighted by molar-refractivity contribution is -0.150. The number of carbonyl (C=O) groups excluding carboxylic acids is 1. The molecule has 0 spiro atoms. The van der Waals surface area contributed by atoms with E-state index < -0.39 is 23.1 Å². The molecule has 22 heavy (non-hydrogen) atoms. The van der Waals surface area contributed by atoms with E-state index in [1.54, 1.807) is 26.3 Å². The summed E-state index contributed by atoms with van der Waals surface area (Å²) in [7, 11) is 0. The third-order valence-electron chi connectivity index (χ3n) is 3.71. The van der Waals surface area contributed by atoms with Gasteiger partial charge in [0.2, 0.25) is 0 Å². The molecule has 2 N–H and O–H groups in total. The van der Waals surface area contributed by atoms with Crippen molar-refractivity contribution in [2.75, 3.05) is 6.54 Å². The van der Waals surface area contributed by atoms with E-state index in [0.29, 0.717) is 6.42 Å². The molecule has 1 amide bonds. The van der Waals surface area contributed by atoms with Crippen LogP contribution in [-0.4, -0.2) is 34.3 Å². The molecule has 0 radical (unpaired) electrons. The highest BCUT2D eigenvalue weighted by Crippen LogP contribution is 2.47. The van der Waals surface area contributed by atoms with Gasteiger partial charge in [-0.05, 0) is 39.5 Å². The topological polar surface area (TPSA) is 88.5 Å². The van der Waals surface area contributed by atoms with Gasteiger partial charge in [-0.25, -0.2) is 9.78 Å². The van der Waals surface area contributed by atoms with E-state index in [-0.39, 0.29) is 12.5 Å². The van der Waals surface area contributed by atoms with Crippen molar-refractivity contribution in [1.29, 1.82) is 0 Å². The molecule has 0 bridgehead atoms. The predicted molar refractivity (Wildman–Crippen MR) is 82.8 cm³/mol. The Morgan fingerprint density at radius 3 is 2.59 bits per heavy atom. The molecule has 0 aromatic carbocycles. The molecule has 1 aliphatic rings. The van der Waals surface area contributed by atoms with Crippen LogP contribution in [-0.2, 0) is 16.0 Å². The molecule has 1 atom stereocenters. The molecule has 7 heteroatoms. The summed E-state index contributed by atoms with van der Waals surface area (Å²) >= 11 is 1.44. The van der Waals surface area contributed by atoms with E-state index in [2.05, 4.69) is 10.3 Å². The Kier molecular flexibility index (Phi) is 4.75. The number of amides is 1. The minimum Gasteiger partial charge on any atom is -0.481 e. The van der Waals surface area contributed by atoms with Gasteiger partial charge >= 0.3 is 12.1 Å². The first-order valence-electron chi connectivity index (χ1n) is 7.30. The van der Waals surface area contributed by atoms with Crippen molar-refractivity contribution >= 4 is 23.4 Å². The first-order chi connectivity index (χ1) is 10.2. The molecule has 122 valence electrons. The van der Waals surface area contributed by atoms with Gasteiger partial charge in [0.25, 0.3) is 0 Å². The van der Waals surface area contributed by atoms with Crippen molar-refractivity contribution in [3.8, 4) is 0 Å². The molecule has 0 aliphatic heterocycles. The fourth-order valence-corrected chi connectivity index (χ4v) is 3.06. The number of hydrogen-bond acceptors (Lipinski definition) is 5. The van der Waals surface area contributed by atoms with E-state index >= 15 is 0 Å². The number of nitrogens with zero attached hydrogens (tertiary/aromatic N) is 1. The van der Waals surface area contributed by atoms with Crippen LogP contribution in [0.4, 0.5) is 4.79 Å². The molecule has 1 aromatic heterocycles. The molecular weight excluding hydrogens is 304 g/mol. The summed E-state index contributed by atoms with van der Waals surface area (Å²) in [6.07, 6.45) is 1.47. The lowest BCUT2D eigenvalue weighted by Crippen LogP contribution is -2.47. The molecule has 0 saturated heterocycles. The zero-order valence-corrected chi connectivity index (χ0v) is 13.9. The number of aromatic nitrogens is 1. The van der Waals surface area contributed by atoms with Gasteiger partial charge in [-0.2, -0.15) is 0 Å². The van der Waals surface area contributed by atoms with Gasteiger partial charge in [0, 0.05) is 18.3 Å². The van der Waals surface area contributed by atoms with E-state index in [1.165, 1.54) is 11.3 Å². The third kappa shape index (κ3) is 4.19. The maximum Gasteiger partial charge on any atom is 0.407 e. The Bertz CT molecular complexity index is 534. The Morgan fingerprint density at radius 1 is 1.45 bits per heavy atom. The van der Waals surface area contributed by atoms with Gasteiger partial charge in [-0.3, -0.25) is 4.79 Å². The molecule has 1 saturated carbocycles. The number of carbonyl (C=O) groups is 2. The largest absolute Gasteiger partial charge is 0.481 e. The summed E-state index contributed by atoms with van der Waals surface area (Å²) in [5.74, 6) is -0.819. The van der Waals surface area contributed by atoms with Crippen LogP contribution < -0.4 is 5.32 Å². The number of rotatable bonds is 6. The van der Waals surface area contributed by atoms with Gasteiger partial charge in [0.15, 0.2) is 0 Å². The van der Waals surface area contributed by atoms with Crippen molar-refractivity contribution in [2.45, 2.75) is 45.6 Å². The highest BCUT2D eigenvalue weighted by Gasteiger charge is 2.51. The second-order valence-electron chi connectivity index (χ2n) is 6.75. The maximum absolute atomic E-state index is 11.9. The van der Waals surface area contributed by atoms with Crippen LogP contribution in [0.25, 0.3) is 0 Å². The molecule has 6 nitrogen and oxygen atoms in total. The molecule has 2 rings (SSSR count). The van der Waals surface area contributed by atoms with Gasteiger partial charge in [0.05, 0.1) is 16.6 Å². The summed E-state index contributed by atoms with van der Waals surface area (Å²) in [5, 5.41) is 14.2. The predicted octanol–water partition coefficient (Wildman–Crippen LogP) is 2.69. The molecule has 1 aromatic rings. The lowest BCUT2D eigenvalue weighted by atomic mass is 9.78. The van der Waals surface area contributed by atoms with Crippen molar-refractivity contribution < 1.29 is 19.4 Å². The van der Waals surface area contributed by atoms with Crippen molar-refractivity contribution in [1.82, 2.24) is 10.3 Å². The molecule has 1 heterocycles. The first-order valence-corrected chi connectivity index (χ1v) is 8.24. The normalized spacial score (nSPS) is 17.6. The van der Waals surface area contributed by atoms with Gasteiger partial charge in [-0.1, -0.05) is 0 Å². The van der Waals surface area contributed by atoms with Crippen molar-refractivity contribution in [2.24, 2.45) is 11.3 Å². The van der Waals surface area contributed by atoms with Crippen LogP contribution in [0.15, 0.2) is 10.9 Å². The van der Waals surface area contributed by atoms with E-state index in [9.17, 15) is 14.7 Å². The van der Waals surface area contributed by atoms with Crippen molar-refractivity contribution in [3.05, 3.63) is 16.6 Å². The second kappa shape index (κ2) is 6.24. The SMILES string of the molecule is CC(C)(C)OC(=O)NCC(Cc1cscn1)(C(=O)O)C1CC1. The first kappa shape index (κ1) is 16.7. The smallest absolute Gasteiger partial charge is 0.407 e. The van der Waals surface area contributed by atoms with Crippen LogP contribution in [0.3, 0.4) is 0 Å². The Labute approximate surface area is 133 Å². The molecule has 1 aliphatic carbocycles.